The van der Waals surface area contributed by atoms with Gasteiger partial charge in [0.2, 0.25) is 5.91 Å². The number of carbonyl (C=O) groups excluding carboxylic acids is 1. The summed E-state index contributed by atoms with van der Waals surface area (Å²) in [4.78, 5) is 14.2. The van der Waals surface area contributed by atoms with E-state index in [1.165, 1.54) is 12.8 Å². The Kier molecular flexibility index (Phi) is 4.95. The van der Waals surface area contributed by atoms with E-state index >= 15 is 0 Å². The molecule has 1 aliphatic heterocycles. The fourth-order valence-electron chi connectivity index (χ4n) is 2.16. The molecule has 1 rings (SSSR count). The van der Waals surface area contributed by atoms with Gasteiger partial charge in [0.05, 0.1) is 6.07 Å². The van der Waals surface area contributed by atoms with Gasteiger partial charge in [0, 0.05) is 13.1 Å². The minimum Gasteiger partial charge on any atom is -0.354 e. The van der Waals surface area contributed by atoms with E-state index in [1.807, 2.05) is 6.92 Å². The fourth-order valence-corrected chi connectivity index (χ4v) is 2.16. The van der Waals surface area contributed by atoms with Crippen molar-refractivity contribution in [2.75, 3.05) is 26.7 Å². The Morgan fingerprint density at radius 3 is 2.88 bits per heavy atom. The maximum Gasteiger partial charge on any atom is 0.240 e. The SMILES string of the molecule is CCC(C)(C#N)C(=O)NCC1CCCN(C)C1. The molecular weight excluding hydrogens is 214 g/mol. The molecule has 2 atom stereocenters. The topological polar surface area (TPSA) is 56.1 Å². The van der Waals surface area contributed by atoms with E-state index in [-0.39, 0.29) is 5.91 Å². The monoisotopic (exact) mass is 237 g/mol. The van der Waals surface area contributed by atoms with Crippen molar-refractivity contribution < 1.29 is 4.79 Å². The average molecular weight is 237 g/mol. The molecule has 2 unspecified atom stereocenters. The van der Waals surface area contributed by atoms with E-state index in [0.717, 1.165) is 13.1 Å². The highest BCUT2D eigenvalue weighted by Crippen LogP contribution is 2.20. The average Bonchev–Trinajstić information content (AvgIpc) is 2.35. The van der Waals surface area contributed by atoms with Gasteiger partial charge in [-0.25, -0.2) is 0 Å². The van der Waals surface area contributed by atoms with Crippen LogP contribution < -0.4 is 5.32 Å². The van der Waals surface area contributed by atoms with E-state index in [2.05, 4.69) is 23.3 Å². The molecule has 0 spiro atoms. The standard InChI is InChI=1S/C13H23N3O/c1-4-13(2,10-14)12(17)15-8-11-6-5-7-16(3)9-11/h11H,4-9H2,1-3H3,(H,15,17). The van der Waals surface area contributed by atoms with Gasteiger partial charge in [0.25, 0.3) is 0 Å². The molecule has 4 nitrogen and oxygen atoms in total. The Morgan fingerprint density at radius 1 is 1.65 bits per heavy atom. The quantitative estimate of drug-likeness (QED) is 0.803. The predicted octanol–water partition coefficient (Wildman–Crippen LogP) is 1.38. The third kappa shape index (κ3) is 3.71. The minimum atomic E-state index is -0.874. The number of rotatable bonds is 4. The third-order valence-electron chi connectivity index (χ3n) is 3.73. The van der Waals surface area contributed by atoms with Gasteiger partial charge in [0.1, 0.15) is 5.41 Å². The Hall–Kier alpha value is -1.08. The first kappa shape index (κ1) is 14.0. The highest BCUT2D eigenvalue weighted by molar-refractivity contribution is 5.84. The summed E-state index contributed by atoms with van der Waals surface area (Å²) >= 11 is 0. The van der Waals surface area contributed by atoms with E-state index < -0.39 is 5.41 Å². The lowest BCUT2D eigenvalue weighted by Gasteiger charge is -2.30. The lowest BCUT2D eigenvalue weighted by atomic mass is 9.88. The summed E-state index contributed by atoms with van der Waals surface area (Å²) in [5.41, 5.74) is -0.874. The molecule has 0 saturated carbocycles. The smallest absolute Gasteiger partial charge is 0.240 e. The maximum absolute atomic E-state index is 11.9. The fraction of sp³-hybridized carbons (Fsp3) is 0.846. The van der Waals surface area contributed by atoms with Crippen molar-refractivity contribution in [2.45, 2.75) is 33.1 Å². The molecule has 0 aliphatic carbocycles. The highest BCUT2D eigenvalue weighted by Gasteiger charge is 2.31. The van der Waals surface area contributed by atoms with Gasteiger partial charge in [-0.1, -0.05) is 6.92 Å². The van der Waals surface area contributed by atoms with E-state index in [4.69, 9.17) is 5.26 Å². The molecule has 4 heteroatoms. The van der Waals surface area contributed by atoms with Crippen LogP contribution in [0.3, 0.4) is 0 Å². The number of nitriles is 1. The molecule has 1 N–H and O–H groups in total. The number of amides is 1. The van der Waals surface area contributed by atoms with E-state index in [9.17, 15) is 4.79 Å². The summed E-state index contributed by atoms with van der Waals surface area (Å²) in [6, 6.07) is 2.10. The third-order valence-corrected chi connectivity index (χ3v) is 3.73. The molecule has 0 radical (unpaired) electrons. The zero-order chi connectivity index (χ0) is 12.9. The number of hydrogen-bond acceptors (Lipinski definition) is 3. The zero-order valence-corrected chi connectivity index (χ0v) is 11.1. The lowest BCUT2D eigenvalue weighted by molar-refractivity contribution is -0.127. The Labute approximate surface area is 104 Å². The number of nitrogens with one attached hydrogen (secondary N) is 1. The molecular formula is C13H23N3O. The van der Waals surface area contributed by atoms with Gasteiger partial charge >= 0.3 is 0 Å². The van der Waals surface area contributed by atoms with Crippen LogP contribution in [0.1, 0.15) is 33.1 Å². The summed E-state index contributed by atoms with van der Waals surface area (Å²) in [7, 11) is 2.11. The number of nitrogens with zero attached hydrogens (tertiary/aromatic N) is 2. The molecule has 1 heterocycles. The Bertz CT molecular complexity index is 310. The van der Waals surface area contributed by atoms with Crippen LogP contribution in [0.2, 0.25) is 0 Å². The number of piperidine rings is 1. The van der Waals surface area contributed by atoms with Crippen LogP contribution in [0.25, 0.3) is 0 Å². The first-order valence-electron chi connectivity index (χ1n) is 6.40. The van der Waals surface area contributed by atoms with Gasteiger partial charge in [-0.2, -0.15) is 5.26 Å². The second-order valence-electron chi connectivity index (χ2n) is 5.28. The second-order valence-corrected chi connectivity index (χ2v) is 5.28. The number of carbonyl (C=O) groups is 1. The molecule has 1 amide bonds. The molecule has 17 heavy (non-hydrogen) atoms. The number of likely N-dealkylation sites (tertiary alicyclic amines) is 1. The molecule has 1 fully saturated rings. The molecule has 0 aromatic rings. The van der Waals surface area contributed by atoms with Gasteiger partial charge in [-0.3, -0.25) is 4.79 Å². The molecule has 1 saturated heterocycles. The summed E-state index contributed by atoms with van der Waals surface area (Å²) in [5, 5.41) is 11.9. The lowest BCUT2D eigenvalue weighted by Crippen LogP contribution is -2.43. The van der Waals surface area contributed by atoms with Crippen LogP contribution in [0, 0.1) is 22.7 Å². The van der Waals surface area contributed by atoms with Crippen LogP contribution in [-0.4, -0.2) is 37.5 Å². The van der Waals surface area contributed by atoms with Crippen LogP contribution in [0.15, 0.2) is 0 Å². The Balaban J connectivity index is 2.40. The summed E-state index contributed by atoms with van der Waals surface area (Å²) < 4.78 is 0. The molecule has 0 aromatic heterocycles. The normalized spacial score (nSPS) is 24.7. The maximum atomic E-state index is 11.9. The number of hydrogen-bond donors (Lipinski definition) is 1. The van der Waals surface area contributed by atoms with Crippen LogP contribution >= 0.6 is 0 Å². The molecule has 0 aromatic carbocycles. The summed E-state index contributed by atoms with van der Waals surface area (Å²) in [6.07, 6.45) is 2.92. The van der Waals surface area contributed by atoms with Gasteiger partial charge in [-0.15, -0.1) is 0 Å². The second kappa shape index (κ2) is 6.02. The van der Waals surface area contributed by atoms with Crippen molar-refractivity contribution >= 4 is 5.91 Å². The van der Waals surface area contributed by atoms with Gasteiger partial charge < -0.3 is 10.2 Å². The Morgan fingerprint density at radius 2 is 2.35 bits per heavy atom. The first-order chi connectivity index (χ1) is 8.01. The van der Waals surface area contributed by atoms with Crippen molar-refractivity contribution in [1.82, 2.24) is 10.2 Å². The first-order valence-corrected chi connectivity index (χ1v) is 6.40. The summed E-state index contributed by atoms with van der Waals surface area (Å²) in [5.74, 6) is 0.397. The van der Waals surface area contributed by atoms with Crippen LogP contribution in [0.4, 0.5) is 0 Å². The van der Waals surface area contributed by atoms with Crippen molar-refractivity contribution in [2.24, 2.45) is 11.3 Å². The van der Waals surface area contributed by atoms with Crippen molar-refractivity contribution in [3.05, 3.63) is 0 Å². The molecule has 0 bridgehead atoms. The van der Waals surface area contributed by atoms with Crippen molar-refractivity contribution in [1.29, 1.82) is 5.26 Å². The predicted molar refractivity (Wildman–Crippen MR) is 67.2 cm³/mol. The zero-order valence-electron chi connectivity index (χ0n) is 11.1. The van der Waals surface area contributed by atoms with Gasteiger partial charge in [-0.05, 0) is 45.7 Å². The van der Waals surface area contributed by atoms with Gasteiger partial charge in [0.15, 0.2) is 0 Å². The highest BCUT2D eigenvalue weighted by atomic mass is 16.2. The molecule has 96 valence electrons. The molecule has 1 aliphatic rings. The van der Waals surface area contributed by atoms with Crippen LogP contribution in [0.5, 0.6) is 0 Å². The van der Waals surface area contributed by atoms with E-state index in [1.54, 1.807) is 6.92 Å². The summed E-state index contributed by atoms with van der Waals surface area (Å²) in [6.45, 7) is 6.46. The van der Waals surface area contributed by atoms with Crippen molar-refractivity contribution in [3.8, 4) is 6.07 Å². The minimum absolute atomic E-state index is 0.129. The largest absolute Gasteiger partial charge is 0.354 e. The van der Waals surface area contributed by atoms with Crippen LogP contribution in [-0.2, 0) is 4.79 Å². The van der Waals surface area contributed by atoms with E-state index in [0.29, 0.717) is 18.9 Å². The van der Waals surface area contributed by atoms with Crippen molar-refractivity contribution in [3.63, 3.8) is 0 Å².